The lowest BCUT2D eigenvalue weighted by atomic mass is 10.00. The second-order valence-corrected chi connectivity index (χ2v) is 3.80. The van der Waals surface area contributed by atoms with E-state index in [-0.39, 0.29) is 0 Å². The summed E-state index contributed by atoms with van der Waals surface area (Å²) in [6.07, 6.45) is 5.28. The molecule has 0 aliphatic heterocycles. The van der Waals surface area contributed by atoms with Crippen molar-refractivity contribution in [3.63, 3.8) is 0 Å². The van der Waals surface area contributed by atoms with Crippen molar-refractivity contribution in [2.75, 3.05) is 11.0 Å². The first kappa shape index (κ1) is 10.7. The van der Waals surface area contributed by atoms with Gasteiger partial charge in [-0.2, -0.15) is 0 Å². The second-order valence-electron chi connectivity index (χ2n) is 2.72. The molecule has 1 nitrogen and oxygen atoms in total. The first-order chi connectivity index (χ1) is 4.85. The summed E-state index contributed by atoms with van der Waals surface area (Å²) < 4.78 is 1.25. The van der Waals surface area contributed by atoms with Crippen LogP contribution in [0.1, 0.15) is 32.6 Å². The molecular formula is C8H18IN. The summed E-state index contributed by atoms with van der Waals surface area (Å²) in [4.78, 5) is 0. The topological polar surface area (TPSA) is 26.0 Å². The third kappa shape index (κ3) is 5.47. The van der Waals surface area contributed by atoms with Crippen molar-refractivity contribution in [1.82, 2.24) is 0 Å². The lowest BCUT2D eigenvalue weighted by Crippen LogP contribution is -2.14. The molecule has 0 fully saturated rings. The molecule has 0 aromatic heterocycles. The van der Waals surface area contributed by atoms with Crippen LogP contribution in [0.3, 0.4) is 0 Å². The highest BCUT2D eigenvalue weighted by Crippen LogP contribution is 2.12. The molecule has 1 unspecified atom stereocenters. The number of nitrogens with two attached hydrogens (primary N) is 1. The molecule has 0 aliphatic carbocycles. The summed E-state index contributed by atoms with van der Waals surface area (Å²) in [5.41, 5.74) is 5.60. The molecule has 2 heteroatoms. The van der Waals surface area contributed by atoms with Gasteiger partial charge >= 0.3 is 0 Å². The first-order valence-corrected chi connectivity index (χ1v) is 5.63. The predicted molar refractivity (Wildman–Crippen MR) is 55.6 cm³/mol. The summed E-state index contributed by atoms with van der Waals surface area (Å²) in [7, 11) is 0. The van der Waals surface area contributed by atoms with E-state index in [1.165, 1.54) is 30.1 Å². The van der Waals surface area contributed by atoms with E-state index in [4.69, 9.17) is 5.73 Å². The second kappa shape index (κ2) is 7.79. The zero-order valence-electron chi connectivity index (χ0n) is 6.78. The molecule has 0 radical (unpaired) electrons. The average Bonchev–Trinajstić information content (AvgIpc) is 1.98. The van der Waals surface area contributed by atoms with Gasteiger partial charge in [-0.1, -0.05) is 42.4 Å². The van der Waals surface area contributed by atoms with E-state index in [1.54, 1.807) is 0 Å². The highest BCUT2D eigenvalue weighted by atomic mass is 127. The van der Waals surface area contributed by atoms with Crippen molar-refractivity contribution in [1.29, 1.82) is 0 Å². The lowest BCUT2D eigenvalue weighted by Gasteiger charge is -2.11. The van der Waals surface area contributed by atoms with Gasteiger partial charge < -0.3 is 5.73 Å². The van der Waals surface area contributed by atoms with E-state index in [0.29, 0.717) is 0 Å². The Hall–Kier alpha value is 0.690. The minimum Gasteiger partial charge on any atom is -0.330 e. The minimum atomic E-state index is 0.789. The monoisotopic (exact) mass is 255 g/mol. The molecule has 1 atom stereocenters. The Labute approximate surface area is 77.9 Å². The summed E-state index contributed by atoms with van der Waals surface area (Å²) in [5, 5.41) is 0. The molecule has 62 valence electrons. The minimum absolute atomic E-state index is 0.789. The van der Waals surface area contributed by atoms with Crippen LogP contribution in [-0.2, 0) is 0 Å². The Bertz CT molecular complexity index is 66.3. The smallest absolute Gasteiger partial charge is 0.000162 e. The summed E-state index contributed by atoms with van der Waals surface area (Å²) >= 11 is 2.42. The van der Waals surface area contributed by atoms with Crippen LogP contribution < -0.4 is 5.73 Å². The number of rotatable bonds is 6. The third-order valence-electron chi connectivity index (χ3n) is 1.82. The lowest BCUT2D eigenvalue weighted by molar-refractivity contribution is 0.467. The summed E-state index contributed by atoms with van der Waals surface area (Å²) in [6.45, 7) is 3.11. The molecule has 0 saturated carbocycles. The van der Waals surface area contributed by atoms with Gasteiger partial charge in [-0.3, -0.25) is 0 Å². The molecule has 0 saturated heterocycles. The van der Waals surface area contributed by atoms with Crippen LogP contribution in [0, 0.1) is 5.92 Å². The Morgan fingerprint density at radius 2 is 2.10 bits per heavy atom. The molecule has 0 amide bonds. The Kier molecular flexibility index (Phi) is 8.33. The fourth-order valence-electron chi connectivity index (χ4n) is 1.03. The molecule has 2 N–H and O–H groups in total. The fraction of sp³-hybridized carbons (Fsp3) is 1.00. The molecule has 0 heterocycles. The molecule has 0 bridgehead atoms. The maximum absolute atomic E-state index is 5.60. The predicted octanol–water partition coefficient (Wildman–Crippen LogP) is 2.58. The number of unbranched alkanes of at least 4 members (excludes halogenated alkanes) is 1. The largest absolute Gasteiger partial charge is 0.330 e. The average molecular weight is 255 g/mol. The third-order valence-corrected chi connectivity index (χ3v) is 2.44. The van der Waals surface area contributed by atoms with E-state index in [1.807, 2.05) is 0 Å². The Morgan fingerprint density at radius 3 is 2.50 bits per heavy atom. The van der Waals surface area contributed by atoms with E-state index in [2.05, 4.69) is 29.5 Å². The quantitative estimate of drug-likeness (QED) is 0.573. The normalized spacial score (nSPS) is 13.5. The molecule has 0 rings (SSSR count). The van der Waals surface area contributed by atoms with Gasteiger partial charge in [0.25, 0.3) is 0 Å². The van der Waals surface area contributed by atoms with Crippen molar-refractivity contribution in [3.05, 3.63) is 0 Å². The Balaban J connectivity index is 3.21. The standard InChI is InChI=1S/C8H18IN/c1-2-3-4-8(7-10)5-6-9/h8H,2-7,10H2,1H3. The van der Waals surface area contributed by atoms with Crippen molar-refractivity contribution in [3.8, 4) is 0 Å². The van der Waals surface area contributed by atoms with Gasteiger partial charge in [-0.05, 0) is 29.7 Å². The van der Waals surface area contributed by atoms with Crippen molar-refractivity contribution < 1.29 is 0 Å². The van der Waals surface area contributed by atoms with Crippen molar-refractivity contribution in [2.45, 2.75) is 32.6 Å². The fourth-order valence-corrected chi connectivity index (χ4v) is 1.91. The van der Waals surface area contributed by atoms with Crippen LogP contribution >= 0.6 is 22.6 Å². The number of hydrogen-bond acceptors (Lipinski definition) is 1. The van der Waals surface area contributed by atoms with Gasteiger partial charge in [0, 0.05) is 0 Å². The van der Waals surface area contributed by atoms with Crippen LogP contribution in [-0.4, -0.2) is 11.0 Å². The van der Waals surface area contributed by atoms with Gasteiger partial charge in [0.1, 0.15) is 0 Å². The zero-order chi connectivity index (χ0) is 7.82. The van der Waals surface area contributed by atoms with Crippen LogP contribution in [0.5, 0.6) is 0 Å². The van der Waals surface area contributed by atoms with Crippen LogP contribution in [0.4, 0.5) is 0 Å². The Morgan fingerprint density at radius 1 is 1.40 bits per heavy atom. The molecule has 0 aromatic carbocycles. The van der Waals surface area contributed by atoms with E-state index in [9.17, 15) is 0 Å². The molecule has 0 spiro atoms. The van der Waals surface area contributed by atoms with Crippen LogP contribution in [0.2, 0.25) is 0 Å². The maximum Gasteiger partial charge on any atom is -0.000162 e. The van der Waals surface area contributed by atoms with Crippen molar-refractivity contribution >= 4 is 22.6 Å². The highest BCUT2D eigenvalue weighted by molar-refractivity contribution is 14.1. The molecule has 0 aromatic rings. The van der Waals surface area contributed by atoms with Crippen LogP contribution in [0.25, 0.3) is 0 Å². The SMILES string of the molecule is CCCCC(CN)CCI. The van der Waals surface area contributed by atoms with Gasteiger partial charge in [-0.15, -0.1) is 0 Å². The van der Waals surface area contributed by atoms with E-state index < -0.39 is 0 Å². The van der Waals surface area contributed by atoms with Gasteiger partial charge in [0.15, 0.2) is 0 Å². The van der Waals surface area contributed by atoms with Crippen molar-refractivity contribution in [2.24, 2.45) is 11.7 Å². The number of halogens is 1. The highest BCUT2D eigenvalue weighted by Gasteiger charge is 2.03. The molecular weight excluding hydrogens is 237 g/mol. The zero-order valence-corrected chi connectivity index (χ0v) is 8.93. The van der Waals surface area contributed by atoms with Gasteiger partial charge in [-0.25, -0.2) is 0 Å². The van der Waals surface area contributed by atoms with E-state index in [0.717, 1.165) is 12.5 Å². The maximum atomic E-state index is 5.60. The summed E-state index contributed by atoms with van der Waals surface area (Å²) in [6, 6.07) is 0. The summed E-state index contributed by atoms with van der Waals surface area (Å²) in [5.74, 6) is 0.789. The van der Waals surface area contributed by atoms with Crippen LogP contribution in [0.15, 0.2) is 0 Å². The molecule has 0 aliphatic rings. The first-order valence-electron chi connectivity index (χ1n) is 4.11. The van der Waals surface area contributed by atoms with Gasteiger partial charge in [0.2, 0.25) is 0 Å². The van der Waals surface area contributed by atoms with Gasteiger partial charge in [0.05, 0.1) is 0 Å². The number of alkyl halides is 1. The van der Waals surface area contributed by atoms with E-state index >= 15 is 0 Å². The number of hydrogen-bond donors (Lipinski definition) is 1. The molecule has 10 heavy (non-hydrogen) atoms.